The van der Waals surface area contributed by atoms with Crippen molar-refractivity contribution in [3.8, 4) is 17.2 Å². The first-order valence-corrected chi connectivity index (χ1v) is 9.06. The van der Waals surface area contributed by atoms with Gasteiger partial charge in [-0.1, -0.05) is 24.3 Å². The van der Waals surface area contributed by atoms with E-state index in [1.54, 1.807) is 25.1 Å². The van der Waals surface area contributed by atoms with Crippen LogP contribution in [-0.2, 0) is 10.0 Å². The van der Waals surface area contributed by atoms with Gasteiger partial charge < -0.3 is 4.42 Å². The number of nitrogens with zero attached hydrogens (tertiary/aromatic N) is 1. The molecule has 0 radical (unpaired) electrons. The van der Waals surface area contributed by atoms with Crippen LogP contribution >= 0.6 is 0 Å². The lowest BCUT2D eigenvalue weighted by atomic mass is 10.0. The standard InChI is InChI=1S/C19H16N2O3S/c1-13-3-6-17(16-7-4-15(11-20)5-8-16)10-19(13)21-25(22,23)18-9-14(2)24-12-18/h3-10,12,21H,1-2H3. The van der Waals surface area contributed by atoms with Gasteiger partial charge in [0.1, 0.15) is 16.9 Å². The highest BCUT2D eigenvalue weighted by Crippen LogP contribution is 2.27. The summed E-state index contributed by atoms with van der Waals surface area (Å²) < 4.78 is 32.7. The van der Waals surface area contributed by atoms with Crippen LogP contribution in [0.25, 0.3) is 11.1 Å². The molecule has 0 aliphatic heterocycles. The summed E-state index contributed by atoms with van der Waals surface area (Å²) in [6, 6.07) is 16.2. The Bertz CT molecular complexity index is 1060. The molecule has 1 aromatic heterocycles. The summed E-state index contributed by atoms with van der Waals surface area (Å²) in [5, 5.41) is 8.88. The minimum absolute atomic E-state index is 0.0909. The number of furan rings is 1. The monoisotopic (exact) mass is 352 g/mol. The van der Waals surface area contributed by atoms with Crippen molar-refractivity contribution in [1.29, 1.82) is 5.26 Å². The van der Waals surface area contributed by atoms with Crippen molar-refractivity contribution in [3.63, 3.8) is 0 Å². The molecule has 0 amide bonds. The summed E-state index contributed by atoms with van der Waals surface area (Å²) in [6.07, 6.45) is 1.22. The fourth-order valence-electron chi connectivity index (χ4n) is 2.41. The summed E-state index contributed by atoms with van der Waals surface area (Å²) in [5.41, 5.74) is 3.64. The zero-order valence-corrected chi connectivity index (χ0v) is 14.6. The van der Waals surface area contributed by atoms with Gasteiger partial charge in [0.25, 0.3) is 10.0 Å². The Labute approximate surface area is 146 Å². The van der Waals surface area contributed by atoms with E-state index in [9.17, 15) is 8.42 Å². The highest BCUT2D eigenvalue weighted by molar-refractivity contribution is 7.92. The number of rotatable bonds is 4. The molecule has 3 aromatic rings. The maximum Gasteiger partial charge on any atom is 0.265 e. The third-order valence-corrected chi connectivity index (χ3v) is 5.17. The Morgan fingerprint density at radius 1 is 1.00 bits per heavy atom. The normalized spacial score (nSPS) is 11.1. The summed E-state index contributed by atoms with van der Waals surface area (Å²) >= 11 is 0. The Morgan fingerprint density at radius 2 is 1.68 bits per heavy atom. The van der Waals surface area contributed by atoms with Crippen LogP contribution in [0.5, 0.6) is 0 Å². The average Bonchev–Trinajstić information content (AvgIpc) is 3.04. The molecule has 0 atom stereocenters. The molecule has 25 heavy (non-hydrogen) atoms. The minimum Gasteiger partial charge on any atom is -0.468 e. The van der Waals surface area contributed by atoms with E-state index in [1.807, 2.05) is 31.2 Å². The first-order valence-electron chi connectivity index (χ1n) is 7.58. The second kappa shape index (κ2) is 6.46. The minimum atomic E-state index is -3.71. The van der Waals surface area contributed by atoms with E-state index < -0.39 is 10.0 Å². The maximum atomic E-state index is 12.5. The van der Waals surface area contributed by atoms with E-state index in [1.165, 1.54) is 12.3 Å². The van der Waals surface area contributed by atoms with Gasteiger partial charge in [-0.05, 0) is 54.8 Å². The van der Waals surface area contributed by atoms with Gasteiger partial charge in [-0.2, -0.15) is 5.26 Å². The number of anilines is 1. The molecule has 0 fully saturated rings. The molecular weight excluding hydrogens is 336 g/mol. The van der Waals surface area contributed by atoms with Gasteiger partial charge in [0, 0.05) is 0 Å². The summed E-state index contributed by atoms with van der Waals surface area (Å²) in [4.78, 5) is 0.0909. The van der Waals surface area contributed by atoms with Gasteiger partial charge >= 0.3 is 0 Å². The quantitative estimate of drug-likeness (QED) is 0.761. The zero-order valence-electron chi connectivity index (χ0n) is 13.8. The summed E-state index contributed by atoms with van der Waals surface area (Å²) in [7, 11) is -3.71. The Kier molecular flexibility index (Phi) is 4.34. The molecule has 0 aliphatic carbocycles. The number of nitrogens with one attached hydrogen (secondary N) is 1. The van der Waals surface area contributed by atoms with Gasteiger partial charge in [0.2, 0.25) is 0 Å². The molecule has 0 aliphatic rings. The lowest BCUT2D eigenvalue weighted by molar-refractivity contribution is 0.528. The Hall–Kier alpha value is -3.04. The highest BCUT2D eigenvalue weighted by Gasteiger charge is 2.18. The number of nitriles is 1. The van der Waals surface area contributed by atoms with E-state index in [4.69, 9.17) is 9.68 Å². The third-order valence-electron chi connectivity index (χ3n) is 3.85. The Morgan fingerprint density at radius 3 is 2.28 bits per heavy atom. The van der Waals surface area contributed by atoms with Gasteiger partial charge in [-0.25, -0.2) is 8.42 Å². The maximum absolute atomic E-state index is 12.5. The SMILES string of the molecule is Cc1cc(S(=O)(=O)Nc2cc(-c3ccc(C#N)cc3)ccc2C)co1. The smallest absolute Gasteiger partial charge is 0.265 e. The molecule has 0 saturated carbocycles. The molecule has 5 nitrogen and oxygen atoms in total. The van der Waals surface area contributed by atoms with Crippen LogP contribution in [0, 0.1) is 25.2 Å². The molecule has 126 valence electrons. The fourth-order valence-corrected chi connectivity index (χ4v) is 3.54. The number of hydrogen-bond acceptors (Lipinski definition) is 4. The zero-order chi connectivity index (χ0) is 18.0. The largest absolute Gasteiger partial charge is 0.468 e. The van der Waals surface area contributed by atoms with Crippen molar-refractivity contribution in [2.45, 2.75) is 18.7 Å². The van der Waals surface area contributed by atoms with Crippen LogP contribution in [0.4, 0.5) is 5.69 Å². The van der Waals surface area contributed by atoms with Crippen molar-refractivity contribution in [1.82, 2.24) is 0 Å². The second-order valence-corrected chi connectivity index (χ2v) is 7.40. The molecular formula is C19H16N2O3S. The molecule has 0 bridgehead atoms. The number of hydrogen-bond donors (Lipinski definition) is 1. The van der Waals surface area contributed by atoms with Crippen molar-refractivity contribution >= 4 is 15.7 Å². The Balaban J connectivity index is 1.95. The predicted molar refractivity (Wildman–Crippen MR) is 95.6 cm³/mol. The molecule has 0 spiro atoms. The van der Waals surface area contributed by atoms with E-state index in [-0.39, 0.29) is 4.90 Å². The number of benzene rings is 2. The first-order chi connectivity index (χ1) is 11.9. The molecule has 1 N–H and O–H groups in total. The molecule has 0 unspecified atom stereocenters. The first kappa shape index (κ1) is 16.8. The highest BCUT2D eigenvalue weighted by atomic mass is 32.2. The van der Waals surface area contributed by atoms with Gasteiger partial charge in [-0.15, -0.1) is 0 Å². The molecule has 1 heterocycles. The van der Waals surface area contributed by atoms with Crippen molar-refractivity contribution in [3.05, 3.63) is 71.7 Å². The van der Waals surface area contributed by atoms with Gasteiger partial charge in [0.15, 0.2) is 0 Å². The van der Waals surface area contributed by atoms with Gasteiger partial charge in [0.05, 0.1) is 17.3 Å². The molecule has 6 heteroatoms. The van der Waals surface area contributed by atoms with Gasteiger partial charge in [-0.3, -0.25) is 4.72 Å². The van der Waals surface area contributed by atoms with Crippen LogP contribution in [0.15, 0.2) is 64.1 Å². The molecule has 0 saturated heterocycles. The lowest BCUT2D eigenvalue weighted by Gasteiger charge is -2.11. The van der Waals surface area contributed by atoms with Crippen LogP contribution in [-0.4, -0.2) is 8.42 Å². The molecule has 3 rings (SSSR count). The van der Waals surface area contributed by atoms with E-state index in [0.29, 0.717) is 17.0 Å². The van der Waals surface area contributed by atoms with Crippen LogP contribution in [0.2, 0.25) is 0 Å². The molecule has 2 aromatic carbocycles. The van der Waals surface area contributed by atoms with Crippen molar-refractivity contribution in [2.24, 2.45) is 0 Å². The fraction of sp³-hybridized carbons (Fsp3) is 0.105. The predicted octanol–water partition coefficient (Wildman–Crippen LogP) is 4.24. The number of sulfonamides is 1. The van der Waals surface area contributed by atoms with Crippen molar-refractivity contribution in [2.75, 3.05) is 4.72 Å². The van der Waals surface area contributed by atoms with E-state index in [2.05, 4.69) is 10.8 Å². The third kappa shape index (κ3) is 3.57. The average molecular weight is 352 g/mol. The van der Waals surface area contributed by atoms with Crippen LogP contribution in [0.1, 0.15) is 16.9 Å². The topological polar surface area (TPSA) is 83.1 Å². The van der Waals surface area contributed by atoms with Crippen molar-refractivity contribution < 1.29 is 12.8 Å². The lowest BCUT2D eigenvalue weighted by Crippen LogP contribution is -2.13. The summed E-state index contributed by atoms with van der Waals surface area (Å²) in [6.45, 7) is 3.52. The van der Waals surface area contributed by atoms with E-state index >= 15 is 0 Å². The van der Waals surface area contributed by atoms with E-state index in [0.717, 1.165) is 16.7 Å². The van der Waals surface area contributed by atoms with Crippen LogP contribution < -0.4 is 4.72 Å². The second-order valence-electron chi connectivity index (χ2n) is 5.72. The number of aryl methyl sites for hydroxylation is 2. The summed E-state index contributed by atoms with van der Waals surface area (Å²) in [5.74, 6) is 0.531. The van der Waals surface area contributed by atoms with Crippen LogP contribution in [0.3, 0.4) is 0 Å².